The molecule has 1 saturated carbocycles. The number of nitrogens with zero attached hydrogens (tertiary/aromatic N) is 1. The maximum atomic E-state index is 6.32. The summed E-state index contributed by atoms with van der Waals surface area (Å²) in [6.45, 7) is 6.36. The minimum atomic E-state index is 0.118. The molecule has 118 valence electrons. The number of likely N-dealkylation sites (N-methyl/N-ethyl adjacent to an activating group) is 1. The molecular formula is C18H29ClN2. The van der Waals surface area contributed by atoms with Gasteiger partial charge in [0.05, 0.1) is 0 Å². The molecule has 1 aliphatic carbocycles. The third-order valence-electron chi connectivity index (χ3n) is 5.32. The number of hydrogen-bond acceptors (Lipinski definition) is 2. The number of rotatable bonds is 4. The first kappa shape index (κ1) is 16.8. The van der Waals surface area contributed by atoms with Gasteiger partial charge in [0.2, 0.25) is 0 Å². The predicted molar refractivity (Wildman–Crippen MR) is 91.6 cm³/mol. The van der Waals surface area contributed by atoms with Gasteiger partial charge in [0.25, 0.3) is 0 Å². The van der Waals surface area contributed by atoms with Gasteiger partial charge in [-0.15, -0.1) is 0 Å². The molecule has 0 saturated heterocycles. The molecule has 1 aromatic rings. The van der Waals surface area contributed by atoms with E-state index in [9.17, 15) is 0 Å². The Hall–Kier alpha value is -0.570. The fourth-order valence-electron chi connectivity index (χ4n) is 3.51. The Balaban J connectivity index is 2.14. The SMILES string of the molecule is CN(Cc1ccccc1Cl)C1(CN)CCCC(C)(C)CC1. The van der Waals surface area contributed by atoms with Crippen molar-refractivity contribution in [2.24, 2.45) is 11.1 Å². The first-order valence-corrected chi connectivity index (χ1v) is 8.41. The molecule has 0 amide bonds. The third-order valence-corrected chi connectivity index (χ3v) is 5.69. The lowest BCUT2D eigenvalue weighted by molar-refractivity contribution is 0.0962. The topological polar surface area (TPSA) is 29.3 Å². The lowest BCUT2D eigenvalue weighted by Crippen LogP contribution is -2.51. The van der Waals surface area contributed by atoms with Crippen molar-refractivity contribution in [3.63, 3.8) is 0 Å². The lowest BCUT2D eigenvalue weighted by atomic mass is 9.83. The summed E-state index contributed by atoms with van der Waals surface area (Å²) in [4.78, 5) is 2.44. The van der Waals surface area contributed by atoms with E-state index in [2.05, 4.69) is 37.9 Å². The van der Waals surface area contributed by atoms with Gasteiger partial charge in [0, 0.05) is 23.7 Å². The van der Waals surface area contributed by atoms with Crippen LogP contribution in [0.5, 0.6) is 0 Å². The Morgan fingerprint density at radius 1 is 1.14 bits per heavy atom. The van der Waals surface area contributed by atoms with Crippen LogP contribution in [0.15, 0.2) is 24.3 Å². The summed E-state index contributed by atoms with van der Waals surface area (Å²) < 4.78 is 0. The van der Waals surface area contributed by atoms with Crippen molar-refractivity contribution >= 4 is 11.6 Å². The molecule has 1 aliphatic rings. The van der Waals surface area contributed by atoms with Crippen molar-refractivity contribution in [2.45, 2.75) is 58.0 Å². The van der Waals surface area contributed by atoms with Gasteiger partial charge >= 0.3 is 0 Å². The molecule has 1 unspecified atom stereocenters. The van der Waals surface area contributed by atoms with E-state index in [0.717, 1.165) is 18.1 Å². The zero-order valence-electron chi connectivity index (χ0n) is 13.7. The molecule has 0 aliphatic heterocycles. The van der Waals surface area contributed by atoms with Crippen LogP contribution in [0.4, 0.5) is 0 Å². The molecule has 0 aromatic heterocycles. The highest BCUT2D eigenvalue weighted by Crippen LogP contribution is 2.40. The highest BCUT2D eigenvalue weighted by molar-refractivity contribution is 6.31. The van der Waals surface area contributed by atoms with Gasteiger partial charge in [0.15, 0.2) is 0 Å². The van der Waals surface area contributed by atoms with Crippen molar-refractivity contribution < 1.29 is 0 Å². The molecule has 21 heavy (non-hydrogen) atoms. The van der Waals surface area contributed by atoms with Crippen LogP contribution in [0.2, 0.25) is 5.02 Å². The summed E-state index contributed by atoms with van der Waals surface area (Å²) in [7, 11) is 2.20. The zero-order valence-corrected chi connectivity index (χ0v) is 14.4. The van der Waals surface area contributed by atoms with E-state index >= 15 is 0 Å². The van der Waals surface area contributed by atoms with Crippen LogP contribution in [-0.4, -0.2) is 24.0 Å². The van der Waals surface area contributed by atoms with Crippen molar-refractivity contribution in [1.82, 2.24) is 4.90 Å². The largest absolute Gasteiger partial charge is 0.329 e. The smallest absolute Gasteiger partial charge is 0.0451 e. The average molecular weight is 309 g/mol. The van der Waals surface area contributed by atoms with Gasteiger partial charge in [-0.1, -0.05) is 50.1 Å². The quantitative estimate of drug-likeness (QED) is 0.832. The normalized spacial score (nSPS) is 25.8. The first-order valence-electron chi connectivity index (χ1n) is 8.03. The van der Waals surface area contributed by atoms with Gasteiger partial charge in [-0.05, 0) is 49.8 Å². The maximum absolute atomic E-state index is 6.32. The highest BCUT2D eigenvalue weighted by atomic mass is 35.5. The van der Waals surface area contributed by atoms with Gasteiger partial charge in [-0.25, -0.2) is 0 Å². The van der Waals surface area contributed by atoms with Crippen LogP contribution < -0.4 is 5.73 Å². The standard InChI is InChI=1S/C18H29ClN2/c1-17(2)9-6-10-18(14-20,12-11-17)21(3)13-15-7-4-5-8-16(15)19/h4-5,7-8H,6,9-14,20H2,1-3H3. The monoisotopic (exact) mass is 308 g/mol. The van der Waals surface area contributed by atoms with Crippen LogP contribution in [0, 0.1) is 5.41 Å². The Bertz CT molecular complexity index is 472. The highest BCUT2D eigenvalue weighted by Gasteiger charge is 2.37. The van der Waals surface area contributed by atoms with Crippen molar-refractivity contribution in [1.29, 1.82) is 0 Å². The van der Waals surface area contributed by atoms with Crippen molar-refractivity contribution in [3.05, 3.63) is 34.9 Å². The van der Waals surface area contributed by atoms with Crippen molar-refractivity contribution in [3.8, 4) is 0 Å². The molecule has 1 aromatic carbocycles. The summed E-state index contributed by atoms with van der Waals surface area (Å²) in [5.74, 6) is 0. The van der Waals surface area contributed by atoms with Gasteiger partial charge in [-0.2, -0.15) is 0 Å². The fourth-order valence-corrected chi connectivity index (χ4v) is 3.70. The van der Waals surface area contributed by atoms with E-state index in [0.29, 0.717) is 5.41 Å². The van der Waals surface area contributed by atoms with E-state index in [1.54, 1.807) is 0 Å². The molecule has 1 fully saturated rings. The molecule has 3 heteroatoms. The Morgan fingerprint density at radius 2 is 1.86 bits per heavy atom. The minimum Gasteiger partial charge on any atom is -0.329 e. The Morgan fingerprint density at radius 3 is 2.52 bits per heavy atom. The van der Waals surface area contributed by atoms with E-state index in [1.807, 2.05) is 12.1 Å². The van der Waals surface area contributed by atoms with Crippen LogP contribution >= 0.6 is 11.6 Å². The first-order chi connectivity index (χ1) is 9.88. The predicted octanol–water partition coefficient (Wildman–Crippen LogP) is 4.46. The summed E-state index contributed by atoms with van der Waals surface area (Å²) >= 11 is 6.32. The summed E-state index contributed by atoms with van der Waals surface area (Å²) in [6.07, 6.45) is 6.17. The number of halogens is 1. The average Bonchev–Trinajstić information content (AvgIpc) is 2.60. The van der Waals surface area contributed by atoms with Crippen LogP contribution in [0.25, 0.3) is 0 Å². The van der Waals surface area contributed by atoms with E-state index in [4.69, 9.17) is 17.3 Å². The Kier molecular flexibility index (Phi) is 5.34. The van der Waals surface area contributed by atoms with Gasteiger partial charge in [0.1, 0.15) is 0 Å². The Labute approximate surface area is 134 Å². The molecule has 0 radical (unpaired) electrons. The van der Waals surface area contributed by atoms with Crippen LogP contribution in [0.3, 0.4) is 0 Å². The van der Waals surface area contributed by atoms with Gasteiger partial charge < -0.3 is 5.73 Å². The number of nitrogens with two attached hydrogens (primary N) is 1. The molecule has 0 bridgehead atoms. The number of benzene rings is 1. The third kappa shape index (κ3) is 4.00. The summed E-state index contributed by atoms with van der Waals surface area (Å²) in [6, 6.07) is 8.12. The van der Waals surface area contributed by atoms with Crippen LogP contribution in [-0.2, 0) is 6.54 Å². The van der Waals surface area contributed by atoms with Crippen LogP contribution in [0.1, 0.15) is 51.5 Å². The second kappa shape index (κ2) is 6.68. The van der Waals surface area contributed by atoms with E-state index in [-0.39, 0.29) is 5.54 Å². The van der Waals surface area contributed by atoms with E-state index in [1.165, 1.54) is 37.7 Å². The second-order valence-electron chi connectivity index (χ2n) is 7.39. The van der Waals surface area contributed by atoms with E-state index < -0.39 is 0 Å². The van der Waals surface area contributed by atoms with Crippen molar-refractivity contribution in [2.75, 3.05) is 13.6 Å². The minimum absolute atomic E-state index is 0.118. The molecule has 2 rings (SSSR count). The number of hydrogen-bond donors (Lipinski definition) is 1. The molecule has 1 atom stereocenters. The summed E-state index contributed by atoms with van der Waals surface area (Å²) in [5.41, 5.74) is 7.97. The summed E-state index contributed by atoms with van der Waals surface area (Å²) in [5, 5.41) is 0.852. The molecule has 2 nitrogen and oxygen atoms in total. The lowest BCUT2D eigenvalue weighted by Gasteiger charge is -2.41. The molecule has 0 heterocycles. The molecule has 2 N–H and O–H groups in total. The molecular weight excluding hydrogens is 280 g/mol. The maximum Gasteiger partial charge on any atom is 0.0451 e. The molecule has 0 spiro atoms. The zero-order chi connectivity index (χ0) is 15.5. The second-order valence-corrected chi connectivity index (χ2v) is 7.80. The fraction of sp³-hybridized carbons (Fsp3) is 0.667. The van der Waals surface area contributed by atoms with Gasteiger partial charge in [-0.3, -0.25) is 4.90 Å².